The fourth-order valence-electron chi connectivity index (χ4n) is 3.20. The highest BCUT2D eigenvalue weighted by molar-refractivity contribution is 7.82. The van der Waals surface area contributed by atoms with Crippen molar-refractivity contribution >= 4 is 34.4 Å². The highest BCUT2D eigenvalue weighted by Gasteiger charge is 2.17. The average Bonchev–Trinajstić information content (AvgIpc) is 2.40. The van der Waals surface area contributed by atoms with Gasteiger partial charge in [-0.1, -0.05) is 63.0 Å². The van der Waals surface area contributed by atoms with Crippen molar-refractivity contribution in [3.05, 3.63) is 0 Å². The molecule has 2 aliphatic rings. The van der Waals surface area contributed by atoms with Gasteiger partial charge in [0, 0.05) is 18.5 Å². The molecule has 4 heteroatoms. The van der Waals surface area contributed by atoms with E-state index in [2.05, 4.69) is 10.6 Å². The molecule has 0 amide bonds. The molecule has 2 rings (SSSR count). The van der Waals surface area contributed by atoms with Gasteiger partial charge in [-0.2, -0.15) is 0 Å². The molecule has 0 radical (unpaired) electrons. The maximum Gasteiger partial charge on any atom is 0.0823 e. The van der Waals surface area contributed by atoms with E-state index in [-0.39, 0.29) is 0 Å². The molecule has 0 aromatic carbocycles. The molecular formula is C15H26N2S2. The van der Waals surface area contributed by atoms with Crippen LogP contribution in [0.15, 0.2) is 0 Å². The van der Waals surface area contributed by atoms with Gasteiger partial charge in [-0.25, -0.2) is 0 Å². The lowest BCUT2D eigenvalue weighted by Gasteiger charge is -2.26. The molecule has 0 unspecified atom stereocenters. The summed E-state index contributed by atoms with van der Waals surface area (Å²) < 4.78 is 0. The quantitative estimate of drug-likeness (QED) is 0.769. The first-order chi connectivity index (χ1) is 9.24. The summed E-state index contributed by atoms with van der Waals surface area (Å²) in [6.45, 7) is 0. The summed E-state index contributed by atoms with van der Waals surface area (Å²) in [5, 5.41) is 6.98. The van der Waals surface area contributed by atoms with Crippen LogP contribution in [0.2, 0.25) is 0 Å². The maximum atomic E-state index is 5.44. The molecule has 2 fully saturated rings. The number of rotatable bonds is 4. The van der Waals surface area contributed by atoms with Crippen LogP contribution in [0.25, 0.3) is 0 Å². The Kier molecular flexibility index (Phi) is 6.51. The summed E-state index contributed by atoms with van der Waals surface area (Å²) in [6.07, 6.45) is 13.9. The minimum absolute atomic E-state index is 0.596. The second-order valence-electron chi connectivity index (χ2n) is 5.98. The van der Waals surface area contributed by atoms with E-state index in [1.54, 1.807) is 0 Å². The van der Waals surface area contributed by atoms with E-state index in [1.165, 1.54) is 64.2 Å². The number of nitrogens with one attached hydrogen (secondary N) is 2. The van der Waals surface area contributed by atoms with Gasteiger partial charge in [0.1, 0.15) is 0 Å². The topological polar surface area (TPSA) is 24.1 Å². The van der Waals surface area contributed by atoms with Crippen LogP contribution in [0, 0.1) is 0 Å². The Balaban J connectivity index is 1.64. The molecule has 19 heavy (non-hydrogen) atoms. The first kappa shape index (κ1) is 15.2. The van der Waals surface area contributed by atoms with Gasteiger partial charge >= 0.3 is 0 Å². The Labute approximate surface area is 128 Å². The Bertz CT molecular complexity index is 275. The first-order valence-corrected chi connectivity index (χ1v) is 8.64. The molecule has 0 atom stereocenters. The van der Waals surface area contributed by atoms with Gasteiger partial charge in [-0.15, -0.1) is 0 Å². The predicted octanol–water partition coefficient (Wildman–Crippen LogP) is 3.88. The summed E-state index contributed by atoms with van der Waals surface area (Å²) in [5.74, 6) is 0. The lowest BCUT2D eigenvalue weighted by molar-refractivity contribution is 0.411. The van der Waals surface area contributed by atoms with E-state index in [9.17, 15) is 0 Å². The zero-order valence-corrected chi connectivity index (χ0v) is 13.4. The lowest BCUT2D eigenvalue weighted by Crippen LogP contribution is -2.40. The van der Waals surface area contributed by atoms with E-state index < -0.39 is 0 Å². The van der Waals surface area contributed by atoms with Crippen molar-refractivity contribution in [2.24, 2.45) is 0 Å². The fraction of sp³-hybridized carbons (Fsp3) is 0.867. The Morgan fingerprint density at radius 2 is 1.05 bits per heavy atom. The van der Waals surface area contributed by atoms with Crippen LogP contribution in [0.1, 0.15) is 70.6 Å². The first-order valence-electron chi connectivity index (χ1n) is 7.83. The van der Waals surface area contributed by atoms with Crippen molar-refractivity contribution in [2.75, 3.05) is 0 Å². The molecule has 0 aliphatic heterocycles. The monoisotopic (exact) mass is 298 g/mol. The summed E-state index contributed by atoms with van der Waals surface area (Å²) >= 11 is 10.9. The minimum atomic E-state index is 0.596. The van der Waals surface area contributed by atoms with Crippen LogP contribution in [0.5, 0.6) is 0 Å². The molecule has 0 spiro atoms. The molecule has 0 bridgehead atoms. The number of thiocarbonyl (C=S) groups is 2. The molecule has 2 aliphatic carbocycles. The summed E-state index contributed by atoms with van der Waals surface area (Å²) in [4.78, 5) is 1.86. The van der Waals surface area contributed by atoms with Crippen molar-refractivity contribution in [3.8, 4) is 0 Å². The van der Waals surface area contributed by atoms with Gasteiger partial charge in [0.05, 0.1) is 9.98 Å². The normalized spacial score (nSPS) is 21.9. The van der Waals surface area contributed by atoms with E-state index in [4.69, 9.17) is 24.4 Å². The smallest absolute Gasteiger partial charge is 0.0823 e. The predicted molar refractivity (Wildman–Crippen MR) is 89.8 cm³/mol. The van der Waals surface area contributed by atoms with Crippen LogP contribution < -0.4 is 10.6 Å². The largest absolute Gasteiger partial charge is 0.377 e. The van der Waals surface area contributed by atoms with Gasteiger partial charge in [-0.3, -0.25) is 0 Å². The van der Waals surface area contributed by atoms with Crippen molar-refractivity contribution in [2.45, 2.75) is 82.7 Å². The zero-order chi connectivity index (χ0) is 13.5. The summed E-state index contributed by atoms with van der Waals surface area (Å²) in [6, 6.07) is 1.19. The standard InChI is InChI=1S/C15H26N2S2/c18-14(16-12-7-3-1-4-8-12)11-15(19)17-13-9-5-2-6-10-13/h12-13H,1-11H2,(H,16,18)(H,17,19). The average molecular weight is 299 g/mol. The third-order valence-corrected chi connectivity index (χ3v) is 4.79. The molecule has 0 aromatic heterocycles. The number of hydrogen-bond acceptors (Lipinski definition) is 2. The Morgan fingerprint density at radius 1 is 0.684 bits per heavy atom. The molecule has 0 heterocycles. The van der Waals surface area contributed by atoms with Crippen LogP contribution in [-0.4, -0.2) is 22.1 Å². The molecule has 0 aromatic rings. The van der Waals surface area contributed by atoms with Crippen molar-refractivity contribution < 1.29 is 0 Å². The van der Waals surface area contributed by atoms with Gasteiger partial charge in [-0.05, 0) is 25.7 Å². The molecular weight excluding hydrogens is 272 g/mol. The van der Waals surface area contributed by atoms with Crippen molar-refractivity contribution in [1.82, 2.24) is 10.6 Å². The van der Waals surface area contributed by atoms with Gasteiger partial charge in [0.15, 0.2) is 0 Å². The summed E-state index contributed by atoms with van der Waals surface area (Å²) in [7, 11) is 0. The van der Waals surface area contributed by atoms with Gasteiger partial charge in [0.25, 0.3) is 0 Å². The SMILES string of the molecule is S=C(CC(=S)NC1CCCCC1)NC1CCCCC1. The van der Waals surface area contributed by atoms with Crippen LogP contribution in [0.3, 0.4) is 0 Å². The van der Waals surface area contributed by atoms with Crippen molar-refractivity contribution in [1.29, 1.82) is 0 Å². The van der Waals surface area contributed by atoms with E-state index in [0.29, 0.717) is 12.1 Å². The third-order valence-electron chi connectivity index (χ3n) is 4.26. The molecule has 2 N–H and O–H groups in total. The van der Waals surface area contributed by atoms with Gasteiger partial charge in [0.2, 0.25) is 0 Å². The van der Waals surface area contributed by atoms with Crippen LogP contribution >= 0.6 is 24.4 Å². The highest BCUT2D eigenvalue weighted by atomic mass is 32.1. The second-order valence-corrected chi connectivity index (χ2v) is 6.97. The molecule has 0 saturated heterocycles. The van der Waals surface area contributed by atoms with Gasteiger partial charge < -0.3 is 10.6 Å². The van der Waals surface area contributed by atoms with E-state index in [0.717, 1.165) is 16.4 Å². The Hall–Kier alpha value is -0.220. The van der Waals surface area contributed by atoms with E-state index >= 15 is 0 Å². The zero-order valence-electron chi connectivity index (χ0n) is 11.7. The second kappa shape index (κ2) is 8.15. The van der Waals surface area contributed by atoms with Crippen molar-refractivity contribution in [3.63, 3.8) is 0 Å². The maximum absolute atomic E-state index is 5.44. The lowest BCUT2D eigenvalue weighted by atomic mass is 9.95. The molecule has 2 saturated carbocycles. The van der Waals surface area contributed by atoms with Crippen LogP contribution in [-0.2, 0) is 0 Å². The third kappa shape index (κ3) is 5.74. The van der Waals surface area contributed by atoms with Crippen LogP contribution in [0.4, 0.5) is 0 Å². The highest BCUT2D eigenvalue weighted by Crippen LogP contribution is 2.18. The van der Waals surface area contributed by atoms with E-state index in [1.807, 2.05) is 0 Å². The Morgan fingerprint density at radius 3 is 1.42 bits per heavy atom. The minimum Gasteiger partial charge on any atom is -0.377 e. The molecule has 108 valence electrons. The fourth-order valence-corrected chi connectivity index (χ4v) is 3.91. The number of hydrogen-bond donors (Lipinski definition) is 2. The molecule has 2 nitrogen and oxygen atoms in total. The summed E-state index contributed by atoms with van der Waals surface area (Å²) in [5.41, 5.74) is 0.